The molecule has 0 atom stereocenters. The van der Waals surface area contributed by atoms with Gasteiger partial charge in [0.05, 0.1) is 10.7 Å². The average molecular weight is 304 g/mol. The Morgan fingerprint density at radius 2 is 2.05 bits per heavy atom. The highest BCUT2D eigenvalue weighted by Gasteiger charge is 2.06. The molecule has 3 nitrogen and oxygen atoms in total. The van der Waals surface area contributed by atoms with Crippen molar-refractivity contribution in [2.75, 3.05) is 12.4 Å². The molecule has 3 aromatic rings. The zero-order chi connectivity index (χ0) is 14.8. The second-order valence-corrected chi connectivity index (χ2v) is 5.26. The molecule has 0 radical (unpaired) electrons. The van der Waals surface area contributed by atoms with Gasteiger partial charge in [-0.3, -0.25) is 0 Å². The fourth-order valence-electron chi connectivity index (χ4n) is 2.35. The third kappa shape index (κ3) is 2.86. The summed E-state index contributed by atoms with van der Waals surface area (Å²) in [5, 5.41) is 7.88. The number of hydrogen-bond donors (Lipinski definition) is 3. The van der Waals surface area contributed by atoms with Crippen LogP contribution in [-0.4, -0.2) is 12.0 Å². The van der Waals surface area contributed by atoms with Crippen molar-refractivity contribution >= 4 is 33.9 Å². The van der Waals surface area contributed by atoms with E-state index in [0.29, 0.717) is 10.7 Å². The highest BCUT2D eigenvalue weighted by Crippen LogP contribution is 2.28. The number of aromatic amines is 1. The second-order valence-electron chi connectivity index (χ2n) is 4.85. The standard InChI is InChI=1S/C16H15ClFN3/c1-19-8-10-9-20-16-7-12(3-4-13(10)16)21-15-5-2-11(18)6-14(15)17/h2-7,9,19-21H,8H2,1H3. The van der Waals surface area contributed by atoms with E-state index in [1.165, 1.54) is 23.1 Å². The van der Waals surface area contributed by atoms with Gasteiger partial charge in [0, 0.05) is 29.3 Å². The van der Waals surface area contributed by atoms with Crippen LogP contribution in [0.5, 0.6) is 0 Å². The molecular formula is C16H15ClFN3. The Labute approximate surface area is 127 Å². The summed E-state index contributed by atoms with van der Waals surface area (Å²) in [4.78, 5) is 3.25. The van der Waals surface area contributed by atoms with Crippen LogP contribution in [0.2, 0.25) is 5.02 Å². The van der Waals surface area contributed by atoms with Crippen LogP contribution in [0.15, 0.2) is 42.6 Å². The minimum Gasteiger partial charge on any atom is -0.361 e. The molecule has 0 fully saturated rings. The molecule has 0 unspecified atom stereocenters. The van der Waals surface area contributed by atoms with E-state index in [2.05, 4.69) is 21.7 Å². The highest BCUT2D eigenvalue weighted by atomic mass is 35.5. The van der Waals surface area contributed by atoms with Gasteiger partial charge in [-0.15, -0.1) is 0 Å². The molecule has 0 saturated carbocycles. The van der Waals surface area contributed by atoms with Crippen molar-refractivity contribution in [1.82, 2.24) is 10.3 Å². The van der Waals surface area contributed by atoms with Gasteiger partial charge in [0.15, 0.2) is 0 Å². The number of benzene rings is 2. The molecule has 0 bridgehead atoms. The van der Waals surface area contributed by atoms with Crippen molar-refractivity contribution in [2.24, 2.45) is 0 Å². The molecule has 3 N–H and O–H groups in total. The zero-order valence-corrected chi connectivity index (χ0v) is 12.3. The number of hydrogen-bond acceptors (Lipinski definition) is 2. The molecule has 5 heteroatoms. The molecule has 108 valence electrons. The third-order valence-corrected chi connectivity index (χ3v) is 3.66. The minimum atomic E-state index is -0.345. The summed E-state index contributed by atoms with van der Waals surface area (Å²) in [5.74, 6) is -0.345. The monoisotopic (exact) mass is 303 g/mol. The first-order valence-corrected chi connectivity index (χ1v) is 7.02. The minimum absolute atomic E-state index is 0.345. The Kier molecular flexibility index (Phi) is 3.82. The normalized spacial score (nSPS) is 11.0. The lowest BCUT2D eigenvalue weighted by Crippen LogP contribution is -2.03. The number of rotatable bonds is 4. The Hall–Kier alpha value is -2.04. The van der Waals surface area contributed by atoms with Crippen LogP contribution in [0, 0.1) is 5.82 Å². The first-order chi connectivity index (χ1) is 10.2. The Balaban J connectivity index is 1.91. The molecule has 0 spiro atoms. The van der Waals surface area contributed by atoms with E-state index in [-0.39, 0.29) is 5.82 Å². The van der Waals surface area contributed by atoms with E-state index in [9.17, 15) is 4.39 Å². The van der Waals surface area contributed by atoms with Crippen molar-refractivity contribution in [2.45, 2.75) is 6.54 Å². The average Bonchev–Trinajstić information content (AvgIpc) is 2.85. The van der Waals surface area contributed by atoms with Crippen LogP contribution in [0.1, 0.15) is 5.56 Å². The van der Waals surface area contributed by atoms with E-state index >= 15 is 0 Å². The maximum absolute atomic E-state index is 13.0. The van der Waals surface area contributed by atoms with Crippen LogP contribution in [0.3, 0.4) is 0 Å². The number of fused-ring (bicyclic) bond motifs is 1. The summed E-state index contributed by atoms with van der Waals surface area (Å²) >= 11 is 6.02. The molecule has 0 aliphatic heterocycles. The lowest BCUT2D eigenvalue weighted by molar-refractivity contribution is 0.628. The van der Waals surface area contributed by atoms with E-state index in [4.69, 9.17) is 11.6 Å². The molecular weight excluding hydrogens is 289 g/mol. The highest BCUT2D eigenvalue weighted by molar-refractivity contribution is 6.33. The van der Waals surface area contributed by atoms with Crippen molar-refractivity contribution in [3.8, 4) is 0 Å². The van der Waals surface area contributed by atoms with E-state index in [1.54, 1.807) is 6.07 Å². The lowest BCUT2D eigenvalue weighted by atomic mass is 10.1. The largest absolute Gasteiger partial charge is 0.361 e. The fraction of sp³-hybridized carbons (Fsp3) is 0.125. The molecule has 0 aliphatic rings. The number of anilines is 2. The molecule has 1 heterocycles. The summed E-state index contributed by atoms with van der Waals surface area (Å²) in [7, 11) is 1.92. The Morgan fingerprint density at radius 3 is 2.81 bits per heavy atom. The Bertz CT molecular complexity index is 782. The second kappa shape index (κ2) is 5.76. The van der Waals surface area contributed by atoms with Crippen molar-refractivity contribution < 1.29 is 4.39 Å². The first-order valence-electron chi connectivity index (χ1n) is 6.64. The van der Waals surface area contributed by atoms with E-state index < -0.39 is 0 Å². The quantitative estimate of drug-likeness (QED) is 0.667. The van der Waals surface area contributed by atoms with Gasteiger partial charge < -0.3 is 15.6 Å². The van der Waals surface area contributed by atoms with Gasteiger partial charge in [-0.05, 0) is 42.9 Å². The lowest BCUT2D eigenvalue weighted by Gasteiger charge is -2.09. The molecule has 21 heavy (non-hydrogen) atoms. The van der Waals surface area contributed by atoms with Gasteiger partial charge in [0.25, 0.3) is 0 Å². The summed E-state index contributed by atoms with van der Waals surface area (Å²) in [6, 6.07) is 10.3. The van der Waals surface area contributed by atoms with E-state index in [1.807, 2.05) is 25.4 Å². The van der Waals surface area contributed by atoms with Gasteiger partial charge in [0.1, 0.15) is 5.82 Å². The number of nitrogens with one attached hydrogen (secondary N) is 3. The molecule has 1 aromatic heterocycles. The number of halogens is 2. The Morgan fingerprint density at radius 1 is 1.19 bits per heavy atom. The van der Waals surface area contributed by atoms with Crippen LogP contribution in [0.4, 0.5) is 15.8 Å². The van der Waals surface area contributed by atoms with E-state index in [0.717, 1.165) is 17.7 Å². The van der Waals surface area contributed by atoms with Crippen molar-refractivity contribution in [3.05, 3.63) is 59.0 Å². The maximum Gasteiger partial charge on any atom is 0.124 e. The summed E-state index contributed by atoms with van der Waals surface area (Å²) in [5.41, 5.74) is 3.84. The van der Waals surface area contributed by atoms with Crippen molar-refractivity contribution in [3.63, 3.8) is 0 Å². The molecule has 2 aromatic carbocycles. The summed E-state index contributed by atoms with van der Waals surface area (Å²) in [6.07, 6.45) is 2.00. The van der Waals surface area contributed by atoms with Crippen LogP contribution < -0.4 is 10.6 Å². The number of H-pyrrole nitrogens is 1. The topological polar surface area (TPSA) is 39.9 Å². The van der Waals surface area contributed by atoms with Gasteiger partial charge in [-0.1, -0.05) is 17.7 Å². The van der Waals surface area contributed by atoms with Gasteiger partial charge in [0.2, 0.25) is 0 Å². The predicted molar refractivity (Wildman–Crippen MR) is 85.8 cm³/mol. The third-order valence-electron chi connectivity index (χ3n) is 3.34. The van der Waals surface area contributed by atoms with Crippen LogP contribution >= 0.6 is 11.6 Å². The number of aromatic nitrogens is 1. The van der Waals surface area contributed by atoms with Gasteiger partial charge in [-0.25, -0.2) is 4.39 Å². The van der Waals surface area contributed by atoms with Crippen LogP contribution in [0.25, 0.3) is 10.9 Å². The van der Waals surface area contributed by atoms with Gasteiger partial charge in [-0.2, -0.15) is 0 Å². The zero-order valence-electron chi connectivity index (χ0n) is 11.5. The molecule has 0 amide bonds. The van der Waals surface area contributed by atoms with Crippen molar-refractivity contribution in [1.29, 1.82) is 0 Å². The molecule has 0 saturated heterocycles. The smallest absolute Gasteiger partial charge is 0.124 e. The summed E-state index contributed by atoms with van der Waals surface area (Å²) < 4.78 is 13.0. The summed E-state index contributed by atoms with van der Waals surface area (Å²) in [6.45, 7) is 0.816. The molecule has 3 rings (SSSR count). The SMILES string of the molecule is CNCc1c[nH]c2cc(Nc3ccc(F)cc3Cl)ccc12. The van der Waals surface area contributed by atoms with Gasteiger partial charge >= 0.3 is 0 Å². The first kappa shape index (κ1) is 13.9. The maximum atomic E-state index is 13.0. The fourth-order valence-corrected chi connectivity index (χ4v) is 2.56. The predicted octanol–water partition coefficient (Wildman–Crippen LogP) is 4.42. The molecule has 0 aliphatic carbocycles. The van der Waals surface area contributed by atoms with Crippen LogP contribution in [-0.2, 0) is 6.54 Å².